The van der Waals surface area contributed by atoms with E-state index in [1.165, 1.54) is 4.68 Å². The zero-order valence-corrected chi connectivity index (χ0v) is 11.3. The Morgan fingerprint density at radius 3 is 2.53 bits per heavy atom. The molecule has 0 saturated heterocycles. The Kier molecular flexibility index (Phi) is 3.79. The van der Waals surface area contributed by atoms with Crippen molar-refractivity contribution in [3.8, 4) is 0 Å². The number of benzene rings is 1. The maximum atomic E-state index is 11.8. The summed E-state index contributed by atoms with van der Waals surface area (Å²) in [7, 11) is 5.71. The first-order valence-corrected chi connectivity index (χ1v) is 5.97. The van der Waals surface area contributed by atoms with Crippen LogP contribution in [0.5, 0.6) is 0 Å². The summed E-state index contributed by atoms with van der Waals surface area (Å²) in [5.41, 5.74) is 2.50. The predicted molar refractivity (Wildman–Crippen MR) is 72.9 cm³/mol. The lowest BCUT2D eigenvalue weighted by molar-refractivity contribution is 0.0946. The summed E-state index contributed by atoms with van der Waals surface area (Å²) >= 11 is 0. The van der Waals surface area contributed by atoms with Crippen molar-refractivity contribution >= 4 is 11.6 Å². The summed E-state index contributed by atoms with van der Waals surface area (Å²) in [4.78, 5) is 13.8. The van der Waals surface area contributed by atoms with E-state index in [-0.39, 0.29) is 5.91 Å². The van der Waals surface area contributed by atoms with Crippen LogP contribution in [0.2, 0.25) is 0 Å². The first-order chi connectivity index (χ1) is 9.06. The van der Waals surface area contributed by atoms with Crippen molar-refractivity contribution in [3.05, 3.63) is 41.7 Å². The molecule has 0 bridgehead atoms. The van der Waals surface area contributed by atoms with Crippen LogP contribution in [0, 0.1) is 0 Å². The number of anilines is 1. The average Bonchev–Trinajstić information content (AvgIpc) is 2.83. The van der Waals surface area contributed by atoms with Crippen LogP contribution in [0.4, 0.5) is 5.69 Å². The molecule has 1 N–H and O–H groups in total. The van der Waals surface area contributed by atoms with Crippen molar-refractivity contribution in [1.82, 2.24) is 20.3 Å². The van der Waals surface area contributed by atoms with Crippen molar-refractivity contribution in [3.63, 3.8) is 0 Å². The van der Waals surface area contributed by atoms with Crippen molar-refractivity contribution in [1.29, 1.82) is 0 Å². The molecule has 0 saturated carbocycles. The van der Waals surface area contributed by atoms with E-state index in [0.29, 0.717) is 12.2 Å². The monoisotopic (exact) mass is 259 g/mol. The van der Waals surface area contributed by atoms with Crippen LogP contribution in [0.25, 0.3) is 0 Å². The summed E-state index contributed by atoms with van der Waals surface area (Å²) in [5, 5.41) is 10.3. The first kappa shape index (κ1) is 13.1. The minimum absolute atomic E-state index is 0.218. The number of nitrogens with zero attached hydrogens (tertiary/aromatic N) is 4. The Labute approximate surface area is 112 Å². The van der Waals surface area contributed by atoms with Gasteiger partial charge in [-0.3, -0.25) is 9.48 Å². The van der Waals surface area contributed by atoms with E-state index < -0.39 is 0 Å². The van der Waals surface area contributed by atoms with Gasteiger partial charge in [-0.05, 0) is 17.7 Å². The molecule has 1 aromatic carbocycles. The highest BCUT2D eigenvalue weighted by atomic mass is 16.2. The number of nitrogens with one attached hydrogen (secondary N) is 1. The standard InChI is InChI=1S/C13H17N5O/c1-17(2)11-6-4-10(5-7-11)8-14-13(19)12-9-18(3)16-15-12/h4-7,9H,8H2,1-3H3,(H,14,19). The molecular formula is C13H17N5O. The highest BCUT2D eigenvalue weighted by Gasteiger charge is 2.09. The van der Waals surface area contributed by atoms with Gasteiger partial charge in [-0.1, -0.05) is 17.3 Å². The lowest BCUT2D eigenvalue weighted by Crippen LogP contribution is -2.23. The third kappa shape index (κ3) is 3.31. The second-order valence-corrected chi connectivity index (χ2v) is 4.52. The van der Waals surface area contributed by atoms with Gasteiger partial charge in [0.1, 0.15) is 0 Å². The number of hydrogen-bond donors (Lipinski definition) is 1. The third-order valence-electron chi connectivity index (χ3n) is 2.74. The van der Waals surface area contributed by atoms with Crippen LogP contribution in [0.3, 0.4) is 0 Å². The van der Waals surface area contributed by atoms with Gasteiger partial charge in [0.15, 0.2) is 5.69 Å². The molecule has 0 fully saturated rings. The fourth-order valence-electron chi connectivity index (χ4n) is 1.64. The van der Waals surface area contributed by atoms with Gasteiger partial charge in [0, 0.05) is 33.4 Å². The minimum atomic E-state index is -0.218. The Hall–Kier alpha value is -2.37. The van der Waals surface area contributed by atoms with Gasteiger partial charge in [-0.15, -0.1) is 5.10 Å². The molecule has 1 amide bonds. The molecule has 0 radical (unpaired) electrons. The molecule has 0 aliphatic carbocycles. The fourth-order valence-corrected chi connectivity index (χ4v) is 1.64. The van der Waals surface area contributed by atoms with E-state index in [9.17, 15) is 4.79 Å². The minimum Gasteiger partial charge on any atom is -0.378 e. The molecule has 2 rings (SSSR count). The predicted octanol–water partition coefficient (Wildman–Crippen LogP) is 0.811. The number of hydrogen-bond acceptors (Lipinski definition) is 4. The largest absolute Gasteiger partial charge is 0.378 e. The molecule has 1 heterocycles. The number of aryl methyl sites for hydroxylation is 1. The molecule has 0 aliphatic heterocycles. The van der Waals surface area contributed by atoms with E-state index >= 15 is 0 Å². The SMILES string of the molecule is CN(C)c1ccc(CNC(=O)c2cn(C)nn2)cc1. The topological polar surface area (TPSA) is 63.1 Å². The Morgan fingerprint density at radius 1 is 1.32 bits per heavy atom. The molecule has 2 aromatic rings. The number of amides is 1. The lowest BCUT2D eigenvalue weighted by atomic mass is 10.2. The molecule has 0 aliphatic rings. The lowest BCUT2D eigenvalue weighted by Gasteiger charge is -2.12. The van der Waals surface area contributed by atoms with Gasteiger partial charge < -0.3 is 10.2 Å². The van der Waals surface area contributed by atoms with Crippen LogP contribution in [-0.2, 0) is 13.6 Å². The van der Waals surface area contributed by atoms with Crippen LogP contribution < -0.4 is 10.2 Å². The van der Waals surface area contributed by atoms with E-state index in [2.05, 4.69) is 15.6 Å². The molecule has 6 heteroatoms. The van der Waals surface area contributed by atoms with E-state index in [1.807, 2.05) is 43.3 Å². The van der Waals surface area contributed by atoms with Crippen molar-refractivity contribution < 1.29 is 4.79 Å². The van der Waals surface area contributed by atoms with Crippen LogP contribution in [0.15, 0.2) is 30.5 Å². The summed E-state index contributed by atoms with van der Waals surface area (Å²) in [5.74, 6) is -0.218. The molecule has 19 heavy (non-hydrogen) atoms. The Balaban J connectivity index is 1.93. The van der Waals surface area contributed by atoms with Gasteiger partial charge >= 0.3 is 0 Å². The zero-order chi connectivity index (χ0) is 13.8. The normalized spacial score (nSPS) is 10.3. The quantitative estimate of drug-likeness (QED) is 0.882. The second-order valence-electron chi connectivity index (χ2n) is 4.52. The van der Waals surface area contributed by atoms with E-state index in [1.54, 1.807) is 13.2 Å². The van der Waals surface area contributed by atoms with Crippen molar-refractivity contribution in [2.45, 2.75) is 6.54 Å². The molecule has 1 aromatic heterocycles. The van der Waals surface area contributed by atoms with Gasteiger partial charge in [-0.2, -0.15) is 0 Å². The summed E-state index contributed by atoms with van der Waals surface area (Å²) < 4.78 is 1.50. The summed E-state index contributed by atoms with van der Waals surface area (Å²) in [6, 6.07) is 8.02. The molecule has 0 spiro atoms. The zero-order valence-electron chi connectivity index (χ0n) is 11.3. The first-order valence-electron chi connectivity index (χ1n) is 5.97. The Bertz CT molecular complexity index is 559. The molecular weight excluding hydrogens is 242 g/mol. The smallest absolute Gasteiger partial charge is 0.273 e. The van der Waals surface area contributed by atoms with Gasteiger partial charge in [-0.25, -0.2) is 0 Å². The summed E-state index contributed by atoms with van der Waals surface area (Å²) in [6.45, 7) is 0.475. The second kappa shape index (κ2) is 5.51. The highest BCUT2D eigenvalue weighted by Crippen LogP contribution is 2.12. The van der Waals surface area contributed by atoms with E-state index in [0.717, 1.165) is 11.3 Å². The van der Waals surface area contributed by atoms with Gasteiger partial charge in [0.2, 0.25) is 0 Å². The molecule has 6 nitrogen and oxygen atoms in total. The summed E-state index contributed by atoms with van der Waals surface area (Å²) in [6.07, 6.45) is 1.59. The van der Waals surface area contributed by atoms with Gasteiger partial charge in [0.25, 0.3) is 5.91 Å². The number of aromatic nitrogens is 3. The third-order valence-corrected chi connectivity index (χ3v) is 2.74. The van der Waals surface area contributed by atoms with E-state index in [4.69, 9.17) is 0 Å². The van der Waals surface area contributed by atoms with Gasteiger partial charge in [0.05, 0.1) is 6.20 Å². The number of rotatable bonds is 4. The molecule has 0 atom stereocenters. The Morgan fingerprint density at radius 2 is 2.00 bits per heavy atom. The van der Waals surface area contributed by atoms with Crippen molar-refractivity contribution in [2.24, 2.45) is 7.05 Å². The van der Waals surface area contributed by atoms with Crippen LogP contribution >= 0.6 is 0 Å². The van der Waals surface area contributed by atoms with Crippen LogP contribution in [0.1, 0.15) is 16.1 Å². The van der Waals surface area contributed by atoms with Crippen molar-refractivity contribution in [2.75, 3.05) is 19.0 Å². The maximum Gasteiger partial charge on any atom is 0.273 e. The molecule has 100 valence electrons. The fraction of sp³-hybridized carbons (Fsp3) is 0.308. The molecule has 0 unspecified atom stereocenters. The maximum absolute atomic E-state index is 11.8. The number of carbonyl (C=O) groups excluding carboxylic acids is 1. The van der Waals surface area contributed by atoms with Crippen LogP contribution in [-0.4, -0.2) is 35.0 Å². The number of carbonyl (C=O) groups is 1. The highest BCUT2D eigenvalue weighted by molar-refractivity contribution is 5.91. The average molecular weight is 259 g/mol.